The Morgan fingerprint density at radius 1 is 1.31 bits per heavy atom. The van der Waals surface area contributed by atoms with Crippen LogP contribution in [0.2, 0.25) is 0 Å². The molecule has 3 aliphatic rings. The molecule has 1 saturated carbocycles. The van der Waals surface area contributed by atoms with Gasteiger partial charge in [0.2, 0.25) is 5.91 Å². The van der Waals surface area contributed by atoms with Crippen LogP contribution in [0.5, 0.6) is 0 Å². The number of aliphatic imine (C=N–C) groups is 1. The number of fused-ring (bicyclic) bond motifs is 1. The normalized spacial score (nSPS) is 22.9. The topological polar surface area (TPSA) is 67.8 Å². The van der Waals surface area contributed by atoms with Crippen molar-refractivity contribution in [3.8, 4) is 0 Å². The number of ether oxygens (including phenoxy) is 1. The fourth-order valence-electron chi connectivity index (χ4n) is 3.87. The minimum atomic E-state index is -0.213. The van der Waals surface area contributed by atoms with Crippen molar-refractivity contribution in [3.05, 3.63) is 35.6 Å². The molecule has 1 atom stereocenters. The molecule has 1 aliphatic heterocycles. The van der Waals surface area contributed by atoms with Crippen molar-refractivity contribution < 1.29 is 14.3 Å². The zero-order chi connectivity index (χ0) is 18.4. The predicted molar refractivity (Wildman–Crippen MR) is 102 cm³/mol. The van der Waals surface area contributed by atoms with E-state index in [2.05, 4.69) is 10.3 Å². The lowest BCUT2D eigenvalue weighted by molar-refractivity contribution is -0.121. The molecule has 0 spiro atoms. The van der Waals surface area contributed by atoms with Gasteiger partial charge in [-0.3, -0.25) is 9.59 Å². The van der Waals surface area contributed by atoms with E-state index in [9.17, 15) is 9.59 Å². The van der Waals surface area contributed by atoms with Crippen molar-refractivity contribution >= 4 is 17.5 Å². The van der Waals surface area contributed by atoms with Gasteiger partial charge in [0.15, 0.2) is 0 Å². The number of amides is 2. The molecule has 1 unspecified atom stereocenters. The number of rotatable bonds is 7. The second kappa shape index (κ2) is 8.97. The molecule has 5 nitrogen and oxygen atoms in total. The molecule has 5 heteroatoms. The van der Waals surface area contributed by atoms with Crippen LogP contribution in [0.3, 0.4) is 0 Å². The van der Waals surface area contributed by atoms with Crippen LogP contribution < -0.4 is 5.32 Å². The molecule has 0 aromatic carbocycles. The molecule has 2 aliphatic carbocycles. The molecule has 1 fully saturated rings. The second-order valence-corrected chi connectivity index (χ2v) is 7.31. The van der Waals surface area contributed by atoms with E-state index in [1.807, 2.05) is 18.2 Å². The number of hydrogen-bond donors (Lipinski definition) is 1. The Kier molecular flexibility index (Phi) is 6.42. The third-order valence-corrected chi connectivity index (χ3v) is 5.44. The third kappa shape index (κ3) is 4.93. The van der Waals surface area contributed by atoms with Crippen LogP contribution in [0.15, 0.2) is 40.6 Å². The van der Waals surface area contributed by atoms with Crippen LogP contribution in [0.4, 0.5) is 0 Å². The van der Waals surface area contributed by atoms with Gasteiger partial charge in [-0.15, -0.1) is 0 Å². The Bertz CT molecular complexity index is 667. The van der Waals surface area contributed by atoms with Gasteiger partial charge in [0.25, 0.3) is 5.91 Å². The standard InChI is InChI=1S/C21H28N2O3/c1-26-18-9-8-16-13-17(21(25)23-19(16)14-18)11-12-22-20(24)10-7-15-5-3-2-4-6-15/h8-9,13-16H,2-7,10-12H2,1H3,(H,22,24). The molecule has 0 saturated heterocycles. The van der Waals surface area contributed by atoms with Crippen LogP contribution in [0, 0.1) is 11.8 Å². The van der Waals surface area contributed by atoms with Crippen molar-refractivity contribution in [1.29, 1.82) is 0 Å². The highest BCUT2D eigenvalue weighted by atomic mass is 16.5. The second-order valence-electron chi connectivity index (χ2n) is 7.31. The highest BCUT2D eigenvalue weighted by Crippen LogP contribution is 2.27. The van der Waals surface area contributed by atoms with Crippen LogP contribution >= 0.6 is 0 Å². The summed E-state index contributed by atoms with van der Waals surface area (Å²) in [5.41, 5.74) is 1.39. The Morgan fingerprint density at radius 2 is 2.12 bits per heavy atom. The maximum absolute atomic E-state index is 12.2. The average molecular weight is 356 g/mol. The van der Waals surface area contributed by atoms with Gasteiger partial charge >= 0.3 is 0 Å². The maximum atomic E-state index is 12.2. The van der Waals surface area contributed by atoms with Crippen LogP contribution in [0.1, 0.15) is 51.4 Å². The van der Waals surface area contributed by atoms with Crippen LogP contribution in [-0.2, 0) is 14.3 Å². The number of dihydropyridines is 1. The Labute approximate surface area is 155 Å². The van der Waals surface area contributed by atoms with Gasteiger partial charge < -0.3 is 10.1 Å². The van der Waals surface area contributed by atoms with Crippen molar-refractivity contribution in [1.82, 2.24) is 5.32 Å². The minimum absolute atomic E-state index is 0.0172. The first kappa shape index (κ1) is 18.6. The number of nitrogens with one attached hydrogen (secondary N) is 1. The van der Waals surface area contributed by atoms with E-state index in [1.54, 1.807) is 13.2 Å². The summed E-state index contributed by atoms with van der Waals surface area (Å²) >= 11 is 0. The van der Waals surface area contributed by atoms with E-state index in [0.29, 0.717) is 36.6 Å². The smallest absolute Gasteiger partial charge is 0.272 e. The summed E-state index contributed by atoms with van der Waals surface area (Å²) < 4.78 is 5.17. The molecular formula is C21H28N2O3. The fourth-order valence-corrected chi connectivity index (χ4v) is 3.87. The SMILES string of the molecule is COC1=CC2=NC(=O)C(CCNC(=O)CCC3CCCCC3)=CC2C=C1. The Balaban J connectivity index is 1.42. The van der Waals surface area contributed by atoms with Gasteiger partial charge in [-0.05, 0) is 24.8 Å². The van der Waals surface area contributed by atoms with E-state index < -0.39 is 0 Å². The Morgan fingerprint density at radius 3 is 2.88 bits per heavy atom. The van der Waals surface area contributed by atoms with E-state index >= 15 is 0 Å². The molecule has 0 radical (unpaired) electrons. The number of nitrogens with zero attached hydrogens (tertiary/aromatic N) is 1. The number of allylic oxidation sites excluding steroid dienone is 4. The summed E-state index contributed by atoms with van der Waals surface area (Å²) in [6.45, 7) is 0.488. The molecule has 140 valence electrons. The summed E-state index contributed by atoms with van der Waals surface area (Å²) in [5.74, 6) is 1.31. The molecule has 26 heavy (non-hydrogen) atoms. The third-order valence-electron chi connectivity index (χ3n) is 5.44. The molecule has 2 amide bonds. The lowest BCUT2D eigenvalue weighted by atomic mass is 9.86. The van der Waals surface area contributed by atoms with Crippen molar-refractivity contribution in [2.45, 2.75) is 51.4 Å². The summed E-state index contributed by atoms with van der Waals surface area (Å²) in [7, 11) is 1.60. The summed E-state index contributed by atoms with van der Waals surface area (Å²) in [6, 6.07) is 0. The van der Waals surface area contributed by atoms with Crippen molar-refractivity contribution in [2.75, 3.05) is 13.7 Å². The first-order valence-electron chi connectivity index (χ1n) is 9.70. The molecule has 1 N–H and O–H groups in total. The van der Waals surface area contributed by atoms with Gasteiger partial charge in [0, 0.05) is 30.5 Å². The lowest BCUT2D eigenvalue weighted by Gasteiger charge is -2.21. The fraction of sp³-hybridized carbons (Fsp3) is 0.571. The zero-order valence-corrected chi connectivity index (χ0v) is 15.5. The Hall–Kier alpha value is -2.17. The van der Waals surface area contributed by atoms with Crippen molar-refractivity contribution in [3.63, 3.8) is 0 Å². The van der Waals surface area contributed by atoms with E-state index in [-0.39, 0.29) is 17.7 Å². The first-order chi connectivity index (χ1) is 12.7. The molecular weight excluding hydrogens is 328 g/mol. The first-order valence-corrected chi connectivity index (χ1v) is 9.70. The van der Waals surface area contributed by atoms with E-state index in [0.717, 1.165) is 12.1 Å². The largest absolute Gasteiger partial charge is 0.497 e. The molecule has 0 aromatic rings. The predicted octanol–water partition coefficient (Wildman–Crippen LogP) is 3.48. The maximum Gasteiger partial charge on any atom is 0.272 e. The minimum Gasteiger partial charge on any atom is -0.497 e. The highest BCUT2D eigenvalue weighted by Gasteiger charge is 2.23. The highest BCUT2D eigenvalue weighted by molar-refractivity contribution is 6.13. The van der Waals surface area contributed by atoms with Crippen LogP contribution in [0.25, 0.3) is 0 Å². The number of carbonyl (C=O) groups is 2. The molecule has 3 rings (SSSR count). The van der Waals surface area contributed by atoms with Gasteiger partial charge in [-0.2, -0.15) is 0 Å². The number of carbonyl (C=O) groups excluding carboxylic acids is 2. The monoisotopic (exact) mass is 356 g/mol. The van der Waals surface area contributed by atoms with Crippen LogP contribution in [-0.4, -0.2) is 31.2 Å². The van der Waals surface area contributed by atoms with Gasteiger partial charge in [-0.1, -0.05) is 44.3 Å². The molecule has 1 heterocycles. The summed E-state index contributed by atoms with van der Waals surface area (Å²) in [4.78, 5) is 28.4. The van der Waals surface area contributed by atoms with Gasteiger partial charge in [0.05, 0.1) is 12.8 Å². The average Bonchev–Trinajstić information content (AvgIpc) is 2.67. The molecule has 0 aromatic heterocycles. The summed E-state index contributed by atoms with van der Waals surface area (Å²) in [6.07, 6.45) is 16.2. The number of hydrogen-bond acceptors (Lipinski definition) is 3. The summed E-state index contributed by atoms with van der Waals surface area (Å²) in [5, 5.41) is 2.95. The van der Waals surface area contributed by atoms with Gasteiger partial charge in [-0.25, -0.2) is 4.99 Å². The van der Waals surface area contributed by atoms with E-state index in [4.69, 9.17) is 4.74 Å². The molecule has 0 bridgehead atoms. The number of methoxy groups -OCH3 is 1. The van der Waals surface area contributed by atoms with E-state index in [1.165, 1.54) is 32.1 Å². The quantitative estimate of drug-likeness (QED) is 0.759. The van der Waals surface area contributed by atoms with Gasteiger partial charge in [0.1, 0.15) is 5.76 Å². The zero-order valence-electron chi connectivity index (χ0n) is 15.5. The van der Waals surface area contributed by atoms with Crippen molar-refractivity contribution in [2.24, 2.45) is 16.8 Å². The lowest BCUT2D eigenvalue weighted by Crippen LogP contribution is -2.27.